The maximum atomic E-state index is 3.49. The third-order valence-corrected chi connectivity index (χ3v) is 5.12. The SMILES string of the molecule is CCc1ccc([C@@H](C2CCCC2)N2CCNCC2)cc1. The number of benzene rings is 1. The summed E-state index contributed by atoms with van der Waals surface area (Å²) >= 11 is 0. The van der Waals surface area contributed by atoms with Crippen LogP contribution in [0.5, 0.6) is 0 Å². The second-order valence-corrected chi connectivity index (χ2v) is 6.37. The van der Waals surface area contributed by atoms with E-state index in [1.807, 2.05) is 0 Å². The van der Waals surface area contributed by atoms with E-state index in [1.165, 1.54) is 44.3 Å². The van der Waals surface area contributed by atoms with E-state index in [2.05, 4.69) is 41.4 Å². The summed E-state index contributed by atoms with van der Waals surface area (Å²) < 4.78 is 0. The summed E-state index contributed by atoms with van der Waals surface area (Å²) in [5.74, 6) is 0.876. The zero-order valence-corrected chi connectivity index (χ0v) is 12.8. The highest BCUT2D eigenvalue weighted by Gasteiger charge is 2.31. The number of rotatable bonds is 4. The predicted molar refractivity (Wildman–Crippen MR) is 85.0 cm³/mol. The molecule has 1 saturated carbocycles. The first-order valence-electron chi connectivity index (χ1n) is 8.42. The molecular formula is C18H28N2. The third kappa shape index (κ3) is 3.07. The Bertz CT molecular complexity index is 400. The van der Waals surface area contributed by atoms with E-state index < -0.39 is 0 Å². The number of hydrogen-bond acceptors (Lipinski definition) is 2. The summed E-state index contributed by atoms with van der Waals surface area (Å²) in [5.41, 5.74) is 3.01. The fourth-order valence-electron chi connectivity index (χ4n) is 3.97. The van der Waals surface area contributed by atoms with Crippen molar-refractivity contribution >= 4 is 0 Å². The van der Waals surface area contributed by atoms with Crippen LogP contribution in [0.2, 0.25) is 0 Å². The van der Waals surface area contributed by atoms with Gasteiger partial charge in [-0.15, -0.1) is 0 Å². The lowest BCUT2D eigenvalue weighted by atomic mass is 9.89. The number of nitrogens with zero attached hydrogens (tertiary/aromatic N) is 1. The summed E-state index contributed by atoms with van der Waals surface area (Å²) in [7, 11) is 0. The Morgan fingerprint density at radius 2 is 1.75 bits per heavy atom. The molecule has 0 bridgehead atoms. The number of piperazine rings is 1. The Balaban J connectivity index is 1.82. The fourth-order valence-corrected chi connectivity index (χ4v) is 3.97. The lowest BCUT2D eigenvalue weighted by Gasteiger charge is -2.38. The fraction of sp³-hybridized carbons (Fsp3) is 0.667. The second kappa shape index (κ2) is 6.73. The molecular weight excluding hydrogens is 244 g/mol. The molecule has 1 N–H and O–H groups in total. The van der Waals surface area contributed by atoms with Gasteiger partial charge < -0.3 is 5.32 Å². The van der Waals surface area contributed by atoms with Crippen LogP contribution < -0.4 is 5.32 Å². The van der Waals surface area contributed by atoms with Gasteiger partial charge in [-0.05, 0) is 36.3 Å². The van der Waals surface area contributed by atoms with Gasteiger partial charge in [0.05, 0.1) is 0 Å². The molecule has 0 unspecified atom stereocenters. The highest BCUT2D eigenvalue weighted by atomic mass is 15.2. The van der Waals surface area contributed by atoms with E-state index in [4.69, 9.17) is 0 Å². The molecule has 0 aromatic heterocycles. The summed E-state index contributed by atoms with van der Waals surface area (Å²) in [6, 6.07) is 10.1. The third-order valence-electron chi connectivity index (χ3n) is 5.12. The van der Waals surface area contributed by atoms with Crippen LogP contribution in [-0.4, -0.2) is 31.1 Å². The number of hydrogen-bond donors (Lipinski definition) is 1. The van der Waals surface area contributed by atoms with Crippen molar-refractivity contribution in [2.75, 3.05) is 26.2 Å². The van der Waals surface area contributed by atoms with Crippen molar-refractivity contribution in [3.05, 3.63) is 35.4 Å². The van der Waals surface area contributed by atoms with Gasteiger partial charge in [0.1, 0.15) is 0 Å². The highest BCUT2D eigenvalue weighted by molar-refractivity contribution is 5.26. The quantitative estimate of drug-likeness (QED) is 0.904. The van der Waals surface area contributed by atoms with Crippen LogP contribution in [-0.2, 0) is 6.42 Å². The zero-order chi connectivity index (χ0) is 13.8. The Morgan fingerprint density at radius 1 is 1.10 bits per heavy atom. The lowest BCUT2D eigenvalue weighted by Crippen LogP contribution is -2.46. The molecule has 2 fully saturated rings. The van der Waals surface area contributed by atoms with Gasteiger partial charge in [0.2, 0.25) is 0 Å². The van der Waals surface area contributed by atoms with E-state index in [-0.39, 0.29) is 0 Å². The van der Waals surface area contributed by atoms with Gasteiger partial charge in [0, 0.05) is 32.2 Å². The van der Waals surface area contributed by atoms with E-state index in [1.54, 1.807) is 5.56 Å². The second-order valence-electron chi connectivity index (χ2n) is 6.37. The first kappa shape index (κ1) is 14.1. The maximum Gasteiger partial charge on any atom is 0.0377 e. The first-order valence-corrected chi connectivity index (χ1v) is 8.42. The topological polar surface area (TPSA) is 15.3 Å². The largest absolute Gasteiger partial charge is 0.314 e. The molecule has 1 aromatic carbocycles. The van der Waals surface area contributed by atoms with Crippen LogP contribution in [0.3, 0.4) is 0 Å². The van der Waals surface area contributed by atoms with Gasteiger partial charge in [-0.3, -0.25) is 4.90 Å². The van der Waals surface area contributed by atoms with Crippen LogP contribution in [0.25, 0.3) is 0 Å². The van der Waals surface area contributed by atoms with Crippen molar-refractivity contribution in [3.63, 3.8) is 0 Å². The number of nitrogens with one attached hydrogen (secondary N) is 1. The molecule has 1 saturated heterocycles. The monoisotopic (exact) mass is 272 g/mol. The van der Waals surface area contributed by atoms with Crippen LogP contribution >= 0.6 is 0 Å². The van der Waals surface area contributed by atoms with Crippen molar-refractivity contribution in [2.45, 2.75) is 45.1 Å². The van der Waals surface area contributed by atoms with Crippen molar-refractivity contribution in [1.29, 1.82) is 0 Å². The van der Waals surface area contributed by atoms with Gasteiger partial charge >= 0.3 is 0 Å². The van der Waals surface area contributed by atoms with Gasteiger partial charge in [0.15, 0.2) is 0 Å². The Kier molecular flexibility index (Phi) is 4.74. The smallest absolute Gasteiger partial charge is 0.0377 e. The molecule has 2 nitrogen and oxygen atoms in total. The summed E-state index contributed by atoms with van der Waals surface area (Å²) in [6.45, 7) is 6.94. The summed E-state index contributed by atoms with van der Waals surface area (Å²) in [4.78, 5) is 2.73. The molecule has 20 heavy (non-hydrogen) atoms. The molecule has 1 atom stereocenters. The van der Waals surface area contributed by atoms with Crippen LogP contribution in [0.15, 0.2) is 24.3 Å². The van der Waals surface area contributed by atoms with Gasteiger partial charge in [-0.1, -0.05) is 44.0 Å². The van der Waals surface area contributed by atoms with Crippen molar-refractivity contribution in [1.82, 2.24) is 10.2 Å². The molecule has 3 rings (SSSR count). The minimum atomic E-state index is 0.658. The van der Waals surface area contributed by atoms with Gasteiger partial charge in [-0.25, -0.2) is 0 Å². The van der Waals surface area contributed by atoms with Gasteiger partial charge in [-0.2, -0.15) is 0 Å². The van der Waals surface area contributed by atoms with Crippen LogP contribution in [0.1, 0.15) is 49.8 Å². The standard InChI is InChI=1S/C18H28N2/c1-2-15-7-9-17(10-8-15)18(16-5-3-4-6-16)20-13-11-19-12-14-20/h7-10,16,18-19H,2-6,11-14H2,1H3/t18-/m1/s1. The lowest BCUT2D eigenvalue weighted by molar-refractivity contribution is 0.125. The first-order chi connectivity index (χ1) is 9.88. The molecule has 1 heterocycles. The summed E-state index contributed by atoms with van der Waals surface area (Å²) in [5, 5.41) is 3.49. The molecule has 0 radical (unpaired) electrons. The van der Waals surface area contributed by atoms with E-state index >= 15 is 0 Å². The minimum absolute atomic E-state index is 0.658. The predicted octanol–water partition coefficient (Wildman–Crippen LogP) is 3.39. The molecule has 0 spiro atoms. The molecule has 110 valence electrons. The Hall–Kier alpha value is -0.860. The van der Waals surface area contributed by atoms with Crippen molar-refractivity contribution in [3.8, 4) is 0 Å². The van der Waals surface area contributed by atoms with E-state index in [9.17, 15) is 0 Å². The van der Waals surface area contributed by atoms with Crippen LogP contribution in [0, 0.1) is 5.92 Å². The molecule has 1 aromatic rings. The van der Waals surface area contributed by atoms with Crippen molar-refractivity contribution in [2.24, 2.45) is 5.92 Å². The minimum Gasteiger partial charge on any atom is -0.314 e. The normalized spacial score (nSPS) is 23.1. The van der Waals surface area contributed by atoms with Crippen molar-refractivity contribution < 1.29 is 0 Å². The Labute approximate surface area is 123 Å². The summed E-state index contributed by atoms with van der Waals surface area (Å²) in [6.07, 6.45) is 6.84. The van der Waals surface area contributed by atoms with Gasteiger partial charge in [0.25, 0.3) is 0 Å². The van der Waals surface area contributed by atoms with E-state index in [0.717, 1.165) is 25.4 Å². The van der Waals surface area contributed by atoms with E-state index in [0.29, 0.717) is 6.04 Å². The molecule has 2 heteroatoms. The average molecular weight is 272 g/mol. The molecule has 1 aliphatic carbocycles. The maximum absolute atomic E-state index is 3.49. The molecule has 1 aliphatic heterocycles. The highest BCUT2D eigenvalue weighted by Crippen LogP contribution is 2.39. The average Bonchev–Trinajstić information content (AvgIpc) is 3.03. The zero-order valence-electron chi connectivity index (χ0n) is 12.8. The molecule has 2 aliphatic rings. The Morgan fingerprint density at radius 3 is 2.35 bits per heavy atom. The van der Waals surface area contributed by atoms with Crippen LogP contribution in [0.4, 0.5) is 0 Å². The number of aryl methyl sites for hydroxylation is 1. The molecule has 0 amide bonds.